The van der Waals surface area contributed by atoms with E-state index in [-0.39, 0.29) is 25.7 Å². The molecule has 0 fully saturated rings. The fourth-order valence-electron chi connectivity index (χ4n) is 10.7. The fourth-order valence-corrected chi connectivity index (χ4v) is 12.3. The molecule has 0 amide bonds. The Morgan fingerprint density at radius 3 is 0.793 bits per heavy atom. The lowest BCUT2D eigenvalue weighted by molar-refractivity contribution is -0.161. The van der Waals surface area contributed by atoms with Crippen molar-refractivity contribution < 1.29 is 80.2 Å². The van der Waals surface area contributed by atoms with Gasteiger partial charge in [0.05, 0.1) is 26.4 Å². The third-order valence-electron chi connectivity index (χ3n) is 16.5. The molecule has 19 heteroatoms. The molecule has 0 aliphatic carbocycles. The Morgan fingerprint density at radius 1 is 0.304 bits per heavy atom. The molecule has 17 nitrogen and oxygen atoms in total. The van der Waals surface area contributed by atoms with Crippen LogP contribution < -0.4 is 0 Å². The van der Waals surface area contributed by atoms with Gasteiger partial charge in [0.15, 0.2) is 12.2 Å². The van der Waals surface area contributed by atoms with E-state index in [0.29, 0.717) is 25.7 Å². The normalized spacial score (nSPS) is 14.1. The number of rotatable bonds is 72. The Bertz CT molecular complexity index is 1850. The summed E-state index contributed by atoms with van der Waals surface area (Å²) in [5.41, 5.74) is 0. The summed E-state index contributed by atoms with van der Waals surface area (Å²) in [6, 6.07) is 0. The summed E-state index contributed by atoms with van der Waals surface area (Å²) < 4.78 is 68.3. The van der Waals surface area contributed by atoms with E-state index in [1.165, 1.54) is 173 Å². The van der Waals surface area contributed by atoms with E-state index in [1.54, 1.807) is 0 Å². The average molecular weight is 1350 g/mol. The highest BCUT2D eigenvalue weighted by Gasteiger charge is 2.30. The standard InChI is InChI=1S/C73H138O17P2/c1-5-9-13-17-21-25-28-30-32-33-34-36-38-40-44-48-52-56-60-73(78)90-69(64-84-71(76)58-54-50-46-43-39-37-35-31-29-26-22-18-14-10-6-2)66-88-92(81,82)86-62-67(74)61-85-91(79,80)87-65-68(63-83-70(75)57-53-49-45-41-24-20-16-12-8-4)89-72(77)59-55-51-47-42-27-23-19-15-11-7-3/h26,29,31,35,67-69,74H,5-25,27-28,30,32-34,36-66H2,1-4H3,(H,79,80)(H,81,82)/b29-26-,35-31-/t67-,68+,69+/m0/s1. The zero-order valence-corrected chi connectivity index (χ0v) is 60.8. The van der Waals surface area contributed by atoms with Crippen molar-refractivity contribution in [1.82, 2.24) is 0 Å². The molecule has 3 N–H and O–H groups in total. The van der Waals surface area contributed by atoms with Gasteiger partial charge in [-0.05, 0) is 51.4 Å². The van der Waals surface area contributed by atoms with Gasteiger partial charge in [0.25, 0.3) is 0 Å². The summed E-state index contributed by atoms with van der Waals surface area (Å²) in [6.45, 7) is 4.87. The van der Waals surface area contributed by atoms with E-state index >= 15 is 0 Å². The molecule has 0 aromatic heterocycles. The van der Waals surface area contributed by atoms with Gasteiger partial charge in [-0.1, -0.05) is 309 Å². The lowest BCUT2D eigenvalue weighted by Crippen LogP contribution is -2.30. The zero-order chi connectivity index (χ0) is 67.5. The molecule has 0 rings (SSSR count). The Labute approximate surface area is 561 Å². The molecule has 0 aliphatic rings. The first-order valence-electron chi connectivity index (χ1n) is 37.6. The summed E-state index contributed by atoms with van der Waals surface area (Å²) >= 11 is 0. The quantitative estimate of drug-likeness (QED) is 0.0169. The van der Waals surface area contributed by atoms with Crippen LogP contribution in [0.2, 0.25) is 0 Å². The Hall–Kier alpha value is -2.46. The minimum Gasteiger partial charge on any atom is -0.462 e. The van der Waals surface area contributed by atoms with Gasteiger partial charge in [0.2, 0.25) is 0 Å². The van der Waals surface area contributed by atoms with Gasteiger partial charge < -0.3 is 33.8 Å². The van der Waals surface area contributed by atoms with Gasteiger partial charge in [-0.15, -0.1) is 0 Å². The van der Waals surface area contributed by atoms with E-state index in [9.17, 15) is 43.2 Å². The number of unbranched alkanes of at least 4 members (excludes halogenated alkanes) is 43. The molecule has 0 heterocycles. The number of aliphatic hydroxyl groups is 1. The van der Waals surface area contributed by atoms with Crippen molar-refractivity contribution in [2.75, 3.05) is 39.6 Å². The topological polar surface area (TPSA) is 237 Å². The third kappa shape index (κ3) is 66.2. The van der Waals surface area contributed by atoms with Crippen LogP contribution in [0.25, 0.3) is 0 Å². The highest BCUT2D eigenvalue weighted by Crippen LogP contribution is 2.45. The van der Waals surface area contributed by atoms with Crippen molar-refractivity contribution in [1.29, 1.82) is 0 Å². The number of hydrogen-bond donors (Lipinski definition) is 3. The van der Waals surface area contributed by atoms with E-state index in [0.717, 1.165) is 109 Å². The zero-order valence-electron chi connectivity index (χ0n) is 59.0. The van der Waals surface area contributed by atoms with Crippen LogP contribution in [0.4, 0.5) is 0 Å². The second-order valence-electron chi connectivity index (χ2n) is 25.6. The third-order valence-corrected chi connectivity index (χ3v) is 18.4. The second-order valence-corrected chi connectivity index (χ2v) is 28.6. The number of phosphoric ester groups is 2. The van der Waals surface area contributed by atoms with Gasteiger partial charge in [-0.2, -0.15) is 0 Å². The number of ether oxygens (including phenoxy) is 4. The van der Waals surface area contributed by atoms with Crippen LogP contribution in [-0.4, -0.2) is 96.7 Å². The van der Waals surface area contributed by atoms with Crippen molar-refractivity contribution in [3.8, 4) is 0 Å². The minimum absolute atomic E-state index is 0.102. The summed E-state index contributed by atoms with van der Waals surface area (Å²) in [4.78, 5) is 72.5. The molecule has 0 radical (unpaired) electrons. The molecule has 0 aromatic carbocycles. The number of carbonyl (C=O) groups excluding carboxylic acids is 4. The maximum atomic E-state index is 13.0. The molecule has 0 aliphatic heterocycles. The summed E-state index contributed by atoms with van der Waals surface area (Å²) in [7, 11) is -9.91. The number of aliphatic hydroxyl groups excluding tert-OH is 1. The first-order chi connectivity index (χ1) is 44.7. The Morgan fingerprint density at radius 2 is 0.522 bits per heavy atom. The van der Waals surface area contributed by atoms with Crippen LogP contribution in [0.3, 0.4) is 0 Å². The first kappa shape index (κ1) is 89.5. The highest BCUT2D eigenvalue weighted by atomic mass is 31.2. The number of allylic oxidation sites excluding steroid dienone is 4. The van der Waals surface area contributed by atoms with Crippen LogP contribution in [0.5, 0.6) is 0 Å². The molecule has 0 saturated heterocycles. The Balaban J connectivity index is 5.24. The van der Waals surface area contributed by atoms with Crippen molar-refractivity contribution in [3.05, 3.63) is 24.3 Å². The van der Waals surface area contributed by atoms with E-state index in [1.807, 2.05) is 0 Å². The van der Waals surface area contributed by atoms with Crippen molar-refractivity contribution in [2.24, 2.45) is 0 Å². The summed E-state index contributed by atoms with van der Waals surface area (Å²) in [5.74, 6) is -2.15. The summed E-state index contributed by atoms with van der Waals surface area (Å²) in [6.07, 6.45) is 59.1. The maximum Gasteiger partial charge on any atom is 0.472 e. The van der Waals surface area contributed by atoms with Crippen molar-refractivity contribution >= 4 is 39.5 Å². The summed E-state index contributed by atoms with van der Waals surface area (Å²) in [5, 5.41) is 10.6. The smallest absolute Gasteiger partial charge is 0.462 e. The number of phosphoric acid groups is 2. The van der Waals surface area contributed by atoms with Crippen LogP contribution in [0.15, 0.2) is 24.3 Å². The molecule has 2 unspecified atom stereocenters. The van der Waals surface area contributed by atoms with E-state index < -0.39 is 97.5 Å². The molecular weight excluding hydrogens is 1210 g/mol. The monoisotopic (exact) mass is 1350 g/mol. The maximum absolute atomic E-state index is 13.0. The van der Waals surface area contributed by atoms with Crippen LogP contribution >= 0.6 is 15.6 Å². The van der Waals surface area contributed by atoms with Gasteiger partial charge in [0, 0.05) is 25.7 Å². The van der Waals surface area contributed by atoms with E-state index in [4.69, 9.17) is 37.0 Å². The average Bonchev–Trinajstić information content (AvgIpc) is 3.02. The van der Waals surface area contributed by atoms with Gasteiger partial charge >= 0.3 is 39.5 Å². The van der Waals surface area contributed by atoms with Crippen molar-refractivity contribution in [3.63, 3.8) is 0 Å². The van der Waals surface area contributed by atoms with Gasteiger partial charge in [-0.25, -0.2) is 9.13 Å². The van der Waals surface area contributed by atoms with Crippen molar-refractivity contribution in [2.45, 2.75) is 380 Å². The fraction of sp³-hybridized carbons (Fsp3) is 0.890. The number of hydrogen-bond acceptors (Lipinski definition) is 15. The lowest BCUT2D eigenvalue weighted by Gasteiger charge is -2.21. The molecule has 0 spiro atoms. The van der Waals surface area contributed by atoms with E-state index in [2.05, 4.69) is 52.0 Å². The molecule has 0 saturated carbocycles. The van der Waals surface area contributed by atoms with Gasteiger partial charge in [0.1, 0.15) is 19.3 Å². The highest BCUT2D eigenvalue weighted by molar-refractivity contribution is 7.47. The number of carbonyl (C=O) groups is 4. The predicted molar refractivity (Wildman–Crippen MR) is 372 cm³/mol. The number of esters is 4. The van der Waals surface area contributed by atoms with Crippen LogP contribution in [0, 0.1) is 0 Å². The molecule has 92 heavy (non-hydrogen) atoms. The Kier molecular flexibility index (Phi) is 65.3. The lowest BCUT2D eigenvalue weighted by atomic mass is 10.0. The first-order valence-corrected chi connectivity index (χ1v) is 40.6. The van der Waals surface area contributed by atoms with Crippen LogP contribution in [-0.2, 0) is 65.4 Å². The molecule has 5 atom stereocenters. The molecule has 0 bridgehead atoms. The predicted octanol–water partition coefficient (Wildman–Crippen LogP) is 21.0. The largest absolute Gasteiger partial charge is 0.472 e. The SMILES string of the molecule is CCCCCC/C=C\C=C/CCCCCCCC(=O)OC[C@H](COP(=O)(O)OC[C@@H](O)COP(=O)(O)OC[C@@H](COC(=O)CCCCCCCCCCC)OC(=O)CCCCCCCCCCCC)OC(=O)CCCCCCCCCCCCCCCCCCCC. The van der Waals surface area contributed by atoms with Crippen LogP contribution in [0.1, 0.15) is 362 Å². The molecule has 542 valence electrons. The molecular formula is C73H138O17P2. The van der Waals surface area contributed by atoms with Gasteiger partial charge in [-0.3, -0.25) is 37.3 Å². The molecule has 0 aromatic rings. The minimum atomic E-state index is -4.96. The second kappa shape index (κ2) is 67.1.